The summed E-state index contributed by atoms with van der Waals surface area (Å²) in [7, 11) is 1.43. The van der Waals surface area contributed by atoms with Crippen LogP contribution in [0.2, 0.25) is 0 Å². The van der Waals surface area contributed by atoms with Crippen LogP contribution in [0, 0.1) is 0 Å². The van der Waals surface area contributed by atoms with E-state index < -0.39 is 18.3 Å². The Morgan fingerprint density at radius 3 is 2.76 bits per heavy atom. The van der Waals surface area contributed by atoms with Gasteiger partial charge in [-0.15, -0.1) is 0 Å². The molecule has 5 nitrogen and oxygen atoms in total. The zero-order valence-electron chi connectivity index (χ0n) is 9.30. The van der Waals surface area contributed by atoms with Crippen molar-refractivity contribution in [1.29, 1.82) is 0 Å². The first-order valence-corrected chi connectivity index (χ1v) is 5.17. The fourth-order valence-electron chi connectivity index (χ4n) is 1.84. The molecule has 0 spiro atoms. The third-order valence-corrected chi connectivity index (χ3v) is 2.62. The molecule has 0 aliphatic carbocycles. The minimum absolute atomic E-state index is 0.0497. The number of nitrogens with one attached hydrogen (secondary N) is 1. The lowest BCUT2D eigenvalue weighted by atomic mass is 10.1. The number of aliphatic hydroxyl groups is 2. The molecule has 1 atom stereocenters. The third-order valence-electron chi connectivity index (χ3n) is 2.62. The zero-order chi connectivity index (χ0) is 12.4. The summed E-state index contributed by atoms with van der Waals surface area (Å²) in [5.41, 5.74) is 0.221. The monoisotopic (exact) mass is 235 g/mol. The van der Waals surface area contributed by atoms with Gasteiger partial charge in [0, 0.05) is 5.39 Å². The van der Waals surface area contributed by atoms with E-state index in [2.05, 4.69) is 4.98 Å². The normalized spacial score (nSPS) is 12.6. The van der Waals surface area contributed by atoms with Crippen LogP contribution in [0.3, 0.4) is 0 Å². The fraction of sp³-hybridized carbons (Fsp3) is 0.250. The van der Waals surface area contributed by atoms with Gasteiger partial charge in [0.15, 0.2) is 0 Å². The Bertz CT molecular complexity index is 591. The summed E-state index contributed by atoms with van der Waals surface area (Å²) in [5, 5.41) is 19.3. The number of aromatic amines is 1. The lowest BCUT2D eigenvalue weighted by Gasteiger charge is -2.13. The molecule has 0 unspecified atom stereocenters. The van der Waals surface area contributed by atoms with Crippen LogP contribution in [0.15, 0.2) is 29.1 Å². The maximum atomic E-state index is 11.8. The van der Waals surface area contributed by atoms with Crippen LogP contribution < -0.4 is 10.3 Å². The molecule has 3 N–H and O–H groups in total. The van der Waals surface area contributed by atoms with Gasteiger partial charge in [-0.3, -0.25) is 4.79 Å². The van der Waals surface area contributed by atoms with Gasteiger partial charge in [0.25, 0.3) is 5.56 Å². The lowest BCUT2D eigenvalue weighted by molar-refractivity contribution is 0.0924. The Labute approximate surface area is 97.3 Å². The highest BCUT2D eigenvalue weighted by molar-refractivity contribution is 5.86. The van der Waals surface area contributed by atoms with E-state index in [1.54, 1.807) is 24.3 Å². The van der Waals surface area contributed by atoms with Gasteiger partial charge in [-0.05, 0) is 12.1 Å². The highest BCUT2D eigenvalue weighted by atomic mass is 16.5. The number of fused-ring (bicyclic) bond motifs is 1. The van der Waals surface area contributed by atoms with Crippen LogP contribution in [0.1, 0.15) is 11.7 Å². The van der Waals surface area contributed by atoms with E-state index in [4.69, 9.17) is 9.84 Å². The van der Waals surface area contributed by atoms with Gasteiger partial charge in [-0.2, -0.15) is 0 Å². The summed E-state index contributed by atoms with van der Waals surface area (Å²) in [5.74, 6) is 0.297. The minimum Gasteiger partial charge on any atom is -0.495 e. The second-order valence-electron chi connectivity index (χ2n) is 3.65. The zero-order valence-corrected chi connectivity index (χ0v) is 9.30. The predicted octanol–water partition coefficient (Wildman–Crippen LogP) is 0.562. The molecule has 2 rings (SSSR count). The largest absolute Gasteiger partial charge is 0.495 e. The second kappa shape index (κ2) is 4.57. The molecule has 0 aliphatic heterocycles. The number of hydrogen-bond acceptors (Lipinski definition) is 4. The van der Waals surface area contributed by atoms with E-state index in [1.807, 2.05) is 0 Å². The van der Waals surface area contributed by atoms with Gasteiger partial charge in [0.2, 0.25) is 0 Å². The molecule has 90 valence electrons. The molecule has 0 radical (unpaired) electrons. The number of aliphatic hydroxyl groups excluding tert-OH is 2. The Morgan fingerprint density at radius 2 is 2.12 bits per heavy atom. The molecule has 1 heterocycles. The molecule has 17 heavy (non-hydrogen) atoms. The fourth-order valence-corrected chi connectivity index (χ4v) is 1.84. The number of methoxy groups -OCH3 is 1. The number of benzene rings is 1. The highest BCUT2D eigenvalue weighted by Gasteiger charge is 2.19. The Kier molecular flexibility index (Phi) is 3.12. The first-order valence-electron chi connectivity index (χ1n) is 5.17. The summed E-state index contributed by atoms with van der Waals surface area (Å²) in [6.07, 6.45) is -1.25. The quantitative estimate of drug-likeness (QED) is 0.726. The summed E-state index contributed by atoms with van der Waals surface area (Å²) in [6.45, 7) is -0.530. The van der Waals surface area contributed by atoms with Crippen molar-refractivity contribution in [3.8, 4) is 5.75 Å². The van der Waals surface area contributed by atoms with Gasteiger partial charge in [0.1, 0.15) is 11.9 Å². The van der Waals surface area contributed by atoms with E-state index in [-0.39, 0.29) is 5.56 Å². The molecule has 0 fully saturated rings. The first kappa shape index (κ1) is 11.6. The average molecular weight is 235 g/mol. The number of ether oxygens (including phenoxy) is 1. The molecule has 2 aromatic rings. The molecule has 0 saturated carbocycles. The smallest absolute Gasteiger partial charge is 0.258 e. The SMILES string of the molecule is COc1c([C@@H](O)CO)c(=O)[nH]c2ccccc12. The van der Waals surface area contributed by atoms with Gasteiger partial charge in [0.05, 0.1) is 24.8 Å². The van der Waals surface area contributed by atoms with Gasteiger partial charge >= 0.3 is 0 Å². The number of aromatic nitrogens is 1. The van der Waals surface area contributed by atoms with Gasteiger partial charge in [-0.25, -0.2) is 0 Å². The first-order chi connectivity index (χ1) is 8.19. The van der Waals surface area contributed by atoms with Gasteiger partial charge < -0.3 is 19.9 Å². The average Bonchev–Trinajstić information content (AvgIpc) is 2.36. The van der Waals surface area contributed by atoms with Crippen LogP contribution in [-0.2, 0) is 0 Å². The van der Waals surface area contributed by atoms with Crippen molar-refractivity contribution in [2.75, 3.05) is 13.7 Å². The van der Waals surface area contributed by atoms with E-state index >= 15 is 0 Å². The van der Waals surface area contributed by atoms with Crippen LogP contribution in [0.4, 0.5) is 0 Å². The van der Waals surface area contributed by atoms with Crippen molar-refractivity contribution in [3.05, 3.63) is 40.2 Å². The van der Waals surface area contributed by atoms with E-state index in [0.717, 1.165) is 0 Å². The van der Waals surface area contributed by atoms with E-state index in [1.165, 1.54) is 7.11 Å². The molecular formula is C12H13NO4. The van der Waals surface area contributed by atoms with E-state index in [9.17, 15) is 9.90 Å². The summed E-state index contributed by atoms with van der Waals surface area (Å²) in [4.78, 5) is 14.4. The van der Waals surface area contributed by atoms with Crippen LogP contribution >= 0.6 is 0 Å². The Balaban J connectivity index is 2.83. The van der Waals surface area contributed by atoms with Crippen molar-refractivity contribution >= 4 is 10.9 Å². The Hall–Kier alpha value is -1.85. The standard InChI is InChI=1S/C12H13NO4/c1-17-11-7-4-2-3-5-8(7)13-12(16)10(11)9(15)6-14/h2-5,9,14-15H,6H2,1H3,(H,13,16)/t9-/m0/s1. The van der Waals surface area contributed by atoms with Crippen molar-refractivity contribution in [2.24, 2.45) is 0 Å². The third kappa shape index (κ3) is 1.90. The summed E-state index contributed by atoms with van der Waals surface area (Å²) in [6, 6.07) is 7.12. The summed E-state index contributed by atoms with van der Waals surface area (Å²) >= 11 is 0. The molecule has 0 saturated heterocycles. The lowest BCUT2D eigenvalue weighted by Crippen LogP contribution is -2.20. The Morgan fingerprint density at radius 1 is 1.41 bits per heavy atom. The number of H-pyrrole nitrogens is 1. The number of rotatable bonds is 3. The van der Waals surface area contributed by atoms with Crippen molar-refractivity contribution in [1.82, 2.24) is 4.98 Å². The number of para-hydroxylation sites is 1. The van der Waals surface area contributed by atoms with Crippen LogP contribution in [0.25, 0.3) is 10.9 Å². The maximum Gasteiger partial charge on any atom is 0.258 e. The maximum absolute atomic E-state index is 11.8. The minimum atomic E-state index is -1.25. The number of pyridine rings is 1. The van der Waals surface area contributed by atoms with Crippen molar-refractivity contribution in [3.63, 3.8) is 0 Å². The summed E-state index contributed by atoms with van der Waals surface area (Å²) < 4.78 is 5.17. The van der Waals surface area contributed by atoms with Crippen LogP contribution in [0.5, 0.6) is 5.75 Å². The van der Waals surface area contributed by atoms with Gasteiger partial charge in [-0.1, -0.05) is 12.1 Å². The molecule has 0 bridgehead atoms. The van der Waals surface area contributed by atoms with Crippen LogP contribution in [-0.4, -0.2) is 28.9 Å². The molecule has 5 heteroatoms. The van der Waals surface area contributed by atoms with E-state index in [0.29, 0.717) is 16.7 Å². The van der Waals surface area contributed by atoms with Crippen molar-refractivity contribution < 1.29 is 14.9 Å². The molecular weight excluding hydrogens is 222 g/mol. The topological polar surface area (TPSA) is 82.5 Å². The molecule has 1 aromatic carbocycles. The molecule has 0 aliphatic rings. The predicted molar refractivity (Wildman–Crippen MR) is 63.2 cm³/mol. The molecule has 1 aromatic heterocycles. The highest BCUT2D eigenvalue weighted by Crippen LogP contribution is 2.29. The van der Waals surface area contributed by atoms with Crippen molar-refractivity contribution in [2.45, 2.75) is 6.10 Å². The molecule has 0 amide bonds. The second-order valence-corrected chi connectivity index (χ2v) is 3.65. The number of hydrogen-bond donors (Lipinski definition) is 3.